The molecule has 0 amide bonds. The molecule has 92 valence electrons. The normalized spacial score (nSPS) is 11.0. The summed E-state index contributed by atoms with van der Waals surface area (Å²) in [4.78, 5) is 0. The Morgan fingerprint density at radius 3 is 2.88 bits per heavy atom. The molecule has 0 saturated heterocycles. The van der Waals surface area contributed by atoms with Crippen LogP contribution in [-0.4, -0.2) is 14.9 Å². The molecule has 0 spiro atoms. The zero-order chi connectivity index (χ0) is 12.3. The molecule has 6 heteroatoms. The quantitative estimate of drug-likeness (QED) is 0.917. The lowest BCUT2D eigenvalue weighted by Gasteiger charge is -2.03. The molecule has 0 aliphatic rings. The third-order valence-electron chi connectivity index (χ3n) is 2.59. The van der Waals surface area contributed by atoms with Gasteiger partial charge >= 0.3 is 0 Å². The first kappa shape index (κ1) is 12.3. The summed E-state index contributed by atoms with van der Waals surface area (Å²) >= 11 is 3.58. The molecule has 0 saturated carbocycles. The third-order valence-corrected chi connectivity index (χ3v) is 3.50. The highest BCUT2D eigenvalue weighted by Gasteiger charge is 2.11. The van der Waals surface area contributed by atoms with E-state index in [9.17, 15) is 0 Å². The van der Waals surface area contributed by atoms with Gasteiger partial charge in [-0.2, -0.15) is 5.10 Å². The van der Waals surface area contributed by atoms with E-state index in [2.05, 4.69) is 38.4 Å². The Kier molecular flexibility index (Phi) is 3.96. The first-order chi connectivity index (χ1) is 8.22. The average Bonchev–Trinajstić information content (AvgIpc) is 2.91. The molecule has 5 nitrogen and oxygen atoms in total. The topological polar surface area (TPSA) is 55.9 Å². The van der Waals surface area contributed by atoms with Crippen LogP contribution in [0.5, 0.6) is 0 Å². The van der Waals surface area contributed by atoms with Crippen molar-refractivity contribution in [2.45, 2.75) is 26.4 Å². The molecule has 2 aromatic heterocycles. The van der Waals surface area contributed by atoms with Crippen molar-refractivity contribution < 1.29 is 4.52 Å². The Morgan fingerprint density at radius 1 is 1.47 bits per heavy atom. The van der Waals surface area contributed by atoms with Gasteiger partial charge in [0.25, 0.3) is 0 Å². The number of rotatable bonds is 5. The number of aryl methyl sites for hydroxylation is 2. The van der Waals surface area contributed by atoms with Gasteiger partial charge in [-0.1, -0.05) is 12.1 Å². The van der Waals surface area contributed by atoms with Crippen LogP contribution in [0.2, 0.25) is 0 Å². The van der Waals surface area contributed by atoms with Crippen molar-refractivity contribution >= 4 is 15.9 Å². The largest absolute Gasteiger partial charge is 0.360 e. The summed E-state index contributed by atoms with van der Waals surface area (Å²) < 4.78 is 8.00. The Morgan fingerprint density at radius 2 is 2.29 bits per heavy atom. The maximum atomic E-state index is 5.01. The van der Waals surface area contributed by atoms with E-state index in [1.165, 1.54) is 0 Å². The van der Waals surface area contributed by atoms with E-state index < -0.39 is 0 Å². The maximum Gasteiger partial charge on any atom is 0.150 e. The van der Waals surface area contributed by atoms with E-state index in [0.717, 1.165) is 34.6 Å². The van der Waals surface area contributed by atoms with Crippen molar-refractivity contribution in [3.8, 4) is 0 Å². The van der Waals surface area contributed by atoms with Crippen LogP contribution in [0.25, 0.3) is 0 Å². The lowest BCUT2D eigenvalue weighted by Crippen LogP contribution is -2.15. The summed E-state index contributed by atoms with van der Waals surface area (Å²) in [6.07, 6.45) is 2.57. The summed E-state index contributed by atoms with van der Waals surface area (Å²) in [5.41, 5.74) is 2.23. The lowest BCUT2D eigenvalue weighted by molar-refractivity contribution is 0.372. The fourth-order valence-electron chi connectivity index (χ4n) is 1.65. The monoisotopic (exact) mass is 298 g/mol. The summed E-state index contributed by atoms with van der Waals surface area (Å²) in [5, 5.41) is 11.4. The standard InChI is InChI=1S/C11H15BrN4O/c1-3-9-11(12)10(16(2)15-9)7-13-6-8-4-5-14-17-8/h4-5,13H,3,6-7H2,1-2H3. The third kappa shape index (κ3) is 2.76. The van der Waals surface area contributed by atoms with Crippen LogP contribution >= 0.6 is 15.9 Å². The number of aromatic nitrogens is 3. The zero-order valence-electron chi connectivity index (χ0n) is 9.90. The molecule has 0 atom stereocenters. The van der Waals surface area contributed by atoms with E-state index >= 15 is 0 Å². The molecule has 0 aromatic carbocycles. The number of hydrogen-bond donors (Lipinski definition) is 1. The average molecular weight is 299 g/mol. The molecule has 0 bridgehead atoms. The van der Waals surface area contributed by atoms with Gasteiger partial charge in [0.15, 0.2) is 0 Å². The van der Waals surface area contributed by atoms with E-state index in [1.54, 1.807) is 6.20 Å². The molecule has 0 radical (unpaired) electrons. The van der Waals surface area contributed by atoms with Crippen LogP contribution in [0.4, 0.5) is 0 Å². The first-order valence-corrected chi connectivity index (χ1v) is 6.32. The maximum absolute atomic E-state index is 5.01. The minimum atomic E-state index is 0.666. The molecule has 0 aliphatic heterocycles. The van der Waals surface area contributed by atoms with Crippen molar-refractivity contribution in [2.24, 2.45) is 7.05 Å². The smallest absolute Gasteiger partial charge is 0.150 e. The summed E-state index contributed by atoms with van der Waals surface area (Å²) in [5.74, 6) is 0.832. The Balaban J connectivity index is 1.97. The molecule has 17 heavy (non-hydrogen) atoms. The van der Waals surface area contributed by atoms with Crippen LogP contribution in [0.3, 0.4) is 0 Å². The van der Waals surface area contributed by atoms with Crippen LogP contribution in [0, 0.1) is 0 Å². The molecule has 2 heterocycles. The van der Waals surface area contributed by atoms with E-state index in [0.29, 0.717) is 6.54 Å². The first-order valence-electron chi connectivity index (χ1n) is 5.53. The van der Waals surface area contributed by atoms with E-state index in [4.69, 9.17) is 4.52 Å². The van der Waals surface area contributed by atoms with Crippen molar-refractivity contribution in [3.05, 3.63) is 33.9 Å². The van der Waals surface area contributed by atoms with Crippen molar-refractivity contribution in [3.63, 3.8) is 0 Å². The van der Waals surface area contributed by atoms with Gasteiger partial charge in [-0.3, -0.25) is 4.68 Å². The second-order valence-electron chi connectivity index (χ2n) is 3.77. The van der Waals surface area contributed by atoms with Gasteiger partial charge in [0, 0.05) is 19.7 Å². The second-order valence-corrected chi connectivity index (χ2v) is 4.56. The highest BCUT2D eigenvalue weighted by molar-refractivity contribution is 9.10. The zero-order valence-corrected chi connectivity index (χ0v) is 11.5. The predicted octanol–water partition coefficient (Wildman–Crippen LogP) is 2.02. The molecule has 0 fully saturated rings. The van der Waals surface area contributed by atoms with Crippen LogP contribution in [-0.2, 0) is 26.6 Å². The molecule has 2 rings (SSSR count). The molecule has 0 unspecified atom stereocenters. The van der Waals surface area contributed by atoms with Gasteiger partial charge in [-0.15, -0.1) is 0 Å². The van der Waals surface area contributed by atoms with Crippen molar-refractivity contribution in [2.75, 3.05) is 0 Å². The Labute approximate surface area is 108 Å². The fraction of sp³-hybridized carbons (Fsp3) is 0.455. The highest BCUT2D eigenvalue weighted by atomic mass is 79.9. The SMILES string of the molecule is CCc1nn(C)c(CNCc2ccno2)c1Br. The molecular weight excluding hydrogens is 284 g/mol. The van der Waals surface area contributed by atoms with Crippen LogP contribution < -0.4 is 5.32 Å². The van der Waals surface area contributed by atoms with Crippen molar-refractivity contribution in [1.82, 2.24) is 20.3 Å². The van der Waals surface area contributed by atoms with Crippen LogP contribution in [0.1, 0.15) is 24.1 Å². The van der Waals surface area contributed by atoms with Gasteiger partial charge in [0.2, 0.25) is 0 Å². The van der Waals surface area contributed by atoms with Crippen molar-refractivity contribution in [1.29, 1.82) is 0 Å². The van der Waals surface area contributed by atoms with Gasteiger partial charge in [-0.25, -0.2) is 0 Å². The number of nitrogens with one attached hydrogen (secondary N) is 1. The highest BCUT2D eigenvalue weighted by Crippen LogP contribution is 2.21. The van der Waals surface area contributed by atoms with Gasteiger partial charge in [0.05, 0.1) is 28.6 Å². The Bertz CT molecular complexity index is 478. The fourth-order valence-corrected chi connectivity index (χ4v) is 2.41. The minimum Gasteiger partial charge on any atom is -0.360 e. The molecule has 2 aromatic rings. The molecule has 0 aliphatic carbocycles. The summed E-state index contributed by atoms with van der Waals surface area (Å²) in [7, 11) is 1.95. The summed E-state index contributed by atoms with van der Waals surface area (Å²) in [6, 6.07) is 1.85. The van der Waals surface area contributed by atoms with E-state index in [1.807, 2.05) is 17.8 Å². The number of hydrogen-bond acceptors (Lipinski definition) is 4. The van der Waals surface area contributed by atoms with Crippen LogP contribution in [0.15, 0.2) is 21.3 Å². The number of nitrogens with zero attached hydrogens (tertiary/aromatic N) is 3. The molecular formula is C11H15BrN4O. The predicted molar refractivity (Wildman–Crippen MR) is 67.3 cm³/mol. The Hall–Kier alpha value is -1.14. The van der Waals surface area contributed by atoms with Gasteiger partial charge in [-0.05, 0) is 22.4 Å². The van der Waals surface area contributed by atoms with Gasteiger partial charge < -0.3 is 9.84 Å². The molecule has 1 N–H and O–H groups in total. The van der Waals surface area contributed by atoms with E-state index in [-0.39, 0.29) is 0 Å². The number of halogens is 1. The second kappa shape index (κ2) is 5.46. The lowest BCUT2D eigenvalue weighted by atomic mass is 10.3. The minimum absolute atomic E-state index is 0.666. The van der Waals surface area contributed by atoms with Gasteiger partial charge in [0.1, 0.15) is 5.76 Å². The summed E-state index contributed by atoms with van der Waals surface area (Å²) in [6.45, 7) is 3.50.